The molecule has 2 saturated carbocycles. The van der Waals surface area contributed by atoms with Gasteiger partial charge in [-0.25, -0.2) is 4.79 Å². The number of hydrogen-bond donors (Lipinski definition) is 0. The van der Waals surface area contributed by atoms with Crippen molar-refractivity contribution in [1.29, 1.82) is 0 Å². The molecule has 0 aromatic heterocycles. The van der Waals surface area contributed by atoms with Crippen LogP contribution in [0.3, 0.4) is 0 Å². The Kier molecular flexibility index (Phi) is 5.09. The smallest absolute Gasteiger partial charge is 0.291 e. The fourth-order valence-corrected chi connectivity index (χ4v) is 5.43. The Bertz CT molecular complexity index is 683. The second kappa shape index (κ2) is 6.12. The minimum Gasteiger partial charge on any atom is -0.291 e. The Labute approximate surface area is 172 Å². The van der Waals surface area contributed by atoms with Gasteiger partial charge in [-0.05, 0) is 30.4 Å². The first-order chi connectivity index (χ1) is 9.84. The Morgan fingerprint density at radius 3 is 2.27 bits per heavy atom. The van der Waals surface area contributed by atoms with Gasteiger partial charge in [0.15, 0.2) is 10.7 Å². The molecule has 4 nitrogen and oxygen atoms in total. The molecule has 0 aliphatic heterocycles. The fraction of sp³-hybridized carbons (Fsp3) is 0.438. The molecule has 109 valence electrons. The van der Waals surface area contributed by atoms with Crippen molar-refractivity contribution >= 4 is 81.6 Å². The number of Topliss-reactive ketones (excluding diaryl/α,β-unsaturated/α-hetero) is 2. The molecule has 0 saturated heterocycles. The van der Waals surface area contributed by atoms with E-state index in [4.69, 9.17) is 0 Å². The van der Waals surface area contributed by atoms with Crippen LogP contribution in [0.1, 0.15) is 26.7 Å². The van der Waals surface area contributed by atoms with Gasteiger partial charge in [0.2, 0.25) is 11.6 Å². The largest absolute Gasteiger partial charge is 0.454 e. The Balaban J connectivity index is 0.00000176. The number of carbonyl (C=O) groups excluding carboxylic acids is 3. The van der Waals surface area contributed by atoms with Gasteiger partial charge in [0.25, 0.3) is 0 Å². The standard InChI is InChI=1S/C16H16O4P.K/c1-15(2)11-8-9-16(15,13(18)12(11)17)14(19)21(20)10-6-4-3-5-7-10;/h3-7,11H,8-9H2,1-2H3;/q+1;. The quantitative estimate of drug-likeness (QED) is 0.364. The summed E-state index contributed by atoms with van der Waals surface area (Å²) in [5.41, 5.74) is -2.71. The van der Waals surface area contributed by atoms with E-state index in [1.807, 2.05) is 0 Å². The molecule has 0 amide bonds. The van der Waals surface area contributed by atoms with Crippen molar-refractivity contribution in [3.8, 4) is 0 Å². The van der Waals surface area contributed by atoms with Crippen LogP contribution in [0.5, 0.6) is 0 Å². The van der Waals surface area contributed by atoms with E-state index in [0.29, 0.717) is 18.1 Å². The summed E-state index contributed by atoms with van der Waals surface area (Å²) in [7, 11) is -2.34. The van der Waals surface area contributed by atoms with Crippen LogP contribution in [-0.4, -0.2) is 68.5 Å². The summed E-state index contributed by atoms with van der Waals surface area (Å²) in [6, 6.07) is 8.42. The third kappa shape index (κ3) is 2.21. The summed E-state index contributed by atoms with van der Waals surface area (Å²) < 4.78 is 12.6. The number of ketones is 2. The Morgan fingerprint density at radius 2 is 1.77 bits per heavy atom. The predicted octanol–water partition coefficient (Wildman–Crippen LogP) is 1.86. The monoisotopic (exact) mass is 342 g/mol. The van der Waals surface area contributed by atoms with Crippen molar-refractivity contribution in [1.82, 2.24) is 0 Å². The van der Waals surface area contributed by atoms with Gasteiger partial charge in [0.05, 0.1) is 0 Å². The van der Waals surface area contributed by atoms with Gasteiger partial charge in [0.1, 0.15) is 0 Å². The molecule has 0 heterocycles. The van der Waals surface area contributed by atoms with Crippen LogP contribution in [0.25, 0.3) is 0 Å². The number of hydrogen-bond acceptors (Lipinski definition) is 4. The molecule has 2 fully saturated rings. The molecule has 3 unspecified atom stereocenters. The van der Waals surface area contributed by atoms with Crippen LogP contribution < -0.4 is 5.30 Å². The first-order valence-corrected chi connectivity index (χ1v) is 8.25. The molecule has 1 aromatic rings. The number of carbonyl (C=O) groups is 3. The van der Waals surface area contributed by atoms with Crippen molar-refractivity contribution in [2.24, 2.45) is 16.7 Å². The molecule has 1 radical (unpaired) electrons. The molecule has 0 spiro atoms. The van der Waals surface area contributed by atoms with Gasteiger partial charge in [0, 0.05) is 57.3 Å². The van der Waals surface area contributed by atoms with E-state index in [2.05, 4.69) is 0 Å². The van der Waals surface area contributed by atoms with Crippen molar-refractivity contribution in [3.63, 3.8) is 0 Å². The molecule has 2 aliphatic carbocycles. The molecule has 2 aliphatic rings. The van der Waals surface area contributed by atoms with Crippen LogP contribution in [0.15, 0.2) is 30.3 Å². The molecule has 1 aromatic carbocycles. The van der Waals surface area contributed by atoms with Gasteiger partial charge in [-0.2, -0.15) is 0 Å². The number of fused-ring (bicyclic) bond motifs is 2. The van der Waals surface area contributed by atoms with Crippen molar-refractivity contribution in [3.05, 3.63) is 30.3 Å². The average Bonchev–Trinajstić information content (AvgIpc) is 2.83. The van der Waals surface area contributed by atoms with E-state index in [1.165, 1.54) is 0 Å². The second-order valence-electron chi connectivity index (χ2n) is 6.35. The summed E-state index contributed by atoms with van der Waals surface area (Å²) in [6.07, 6.45) is 0.864. The zero-order valence-corrected chi connectivity index (χ0v) is 17.0. The van der Waals surface area contributed by atoms with Crippen LogP contribution in [0.2, 0.25) is 0 Å². The minimum absolute atomic E-state index is 0. The van der Waals surface area contributed by atoms with E-state index in [0.717, 1.165) is 0 Å². The Hall–Kier alpha value is -0.0336. The summed E-state index contributed by atoms with van der Waals surface area (Å²) in [5.74, 6) is -1.50. The average molecular weight is 342 g/mol. The summed E-state index contributed by atoms with van der Waals surface area (Å²) in [4.78, 5) is 37.3. The van der Waals surface area contributed by atoms with Gasteiger partial charge in [-0.15, -0.1) is 0 Å². The molecule has 22 heavy (non-hydrogen) atoms. The third-order valence-corrected chi connectivity index (χ3v) is 6.77. The minimum atomic E-state index is -2.34. The maximum atomic E-state index is 12.8. The first-order valence-electron chi connectivity index (χ1n) is 6.99. The van der Waals surface area contributed by atoms with E-state index in [-0.39, 0.29) is 51.4 Å². The van der Waals surface area contributed by atoms with E-state index >= 15 is 0 Å². The normalized spacial score (nSPS) is 29.2. The zero-order valence-electron chi connectivity index (χ0n) is 13.0. The van der Waals surface area contributed by atoms with Crippen molar-refractivity contribution < 1.29 is 18.9 Å². The predicted molar refractivity (Wildman–Crippen MR) is 83.4 cm³/mol. The maximum absolute atomic E-state index is 12.8. The van der Waals surface area contributed by atoms with Gasteiger partial charge in [-0.3, -0.25) is 9.59 Å². The first kappa shape index (κ1) is 18.3. The van der Waals surface area contributed by atoms with Crippen LogP contribution in [-0.2, 0) is 18.9 Å². The van der Waals surface area contributed by atoms with Crippen LogP contribution in [0.4, 0.5) is 0 Å². The Morgan fingerprint density at radius 1 is 1.18 bits per heavy atom. The van der Waals surface area contributed by atoms with Crippen LogP contribution >= 0.6 is 7.80 Å². The van der Waals surface area contributed by atoms with Gasteiger partial charge < -0.3 is 0 Å². The zero-order chi connectivity index (χ0) is 15.4. The molecule has 3 rings (SSSR count). The molecule has 2 bridgehead atoms. The van der Waals surface area contributed by atoms with Gasteiger partial charge in [-0.1, -0.05) is 36.6 Å². The van der Waals surface area contributed by atoms with E-state index < -0.39 is 41.6 Å². The second-order valence-corrected chi connectivity index (χ2v) is 7.86. The molecule has 0 N–H and O–H groups in total. The molecule has 3 atom stereocenters. The van der Waals surface area contributed by atoms with Crippen LogP contribution in [0, 0.1) is 16.7 Å². The van der Waals surface area contributed by atoms with E-state index in [1.54, 1.807) is 44.2 Å². The van der Waals surface area contributed by atoms with Crippen molar-refractivity contribution in [2.75, 3.05) is 0 Å². The molecular formula is C16H16KO4P+. The molecular weight excluding hydrogens is 326 g/mol. The van der Waals surface area contributed by atoms with E-state index in [9.17, 15) is 18.9 Å². The topological polar surface area (TPSA) is 68.3 Å². The summed E-state index contributed by atoms with van der Waals surface area (Å²) in [5, 5.41) is 0.415. The fourth-order valence-electron chi connectivity index (χ4n) is 3.91. The summed E-state index contributed by atoms with van der Waals surface area (Å²) >= 11 is 0. The molecule has 6 heteroatoms. The van der Waals surface area contributed by atoms with Crippen molar-refractivity contribution in [2.45, 2.75) is 26.7 Å². The number of rotatable bonds is 3. The van der Waals surface area contributed by atoms with Gasteiger partial charge >= 0.3 is 13.3 Å². The number of benzene rings is 1. The third-order valence-electron chi connectivity index (χ3n) is 5.25. The maximum Gasteiger partial charge on any atom is 0.454 e. The SMILES string of the molecule is CC1(C)C2CCC1(C(=O)[P+](=O)c1ccccc1)C(=O)C2=O.[K]. The summed E-state index contributed by atoms with van der Waals surface area (Å²) in [6.45, 7) is 3.55.